The highest BCUT2D eigenvalue weighted by Gasteiger charge is 2.22. The van der Waals surface area contributed by atoms with Crippen LogP contribution in [0.4, 0.5) is 39.8 Å². The Kier molecular flexibility index (Phi) is 3.71. The second kappa shape index (κ2) is 5.37. The Bertz CT molecular complexity index is 818. The van der Waals surface area contributed by atoms with Gasteiger partial charge in [0.15, 0.2) is 5.75 Å². The van der Waals surface area contributed by atoms with Gasteiger partial charge in [0.25, 0.3) is 0 Å². The molecule has 0 amide bonds. The third kappa shape index (κ3) is 2.55. The number of benzene rings is 2. The molecule has 9 nitrogen and oxygen atoms in total. The maximum absolute atomic E-state index is 12.4. The average Bonchev–Trinajstić information content (AvgIpc) is 2.48. The van der Waals surface area contributed by atoms with E-state index in [2.05, 4.69) is 0 Å². The molecule has 2 aromatic rings. The summed E-state index contributed by atoms with van der Waals surface area (Å²) in [5.74, 6) is -0.782. The van der Waals surface area contributed by atoms with Gasteiger partial charge in [0.1, 0.15) is 5.56 Å². The van der Waals surface area contributed by atoms with Crippen LogP contribution in [-0.4, -0.2) is 5.97 Å². The van der Waals surface area contributed by atoms with Crippen LogP contribution in [0.15, 0.2) is 12.1 Å². The van der Waals surface area contributed by atoms with E-state index in [4.69, 9.17) is 44.9 Å². The first-order valence-electron chi connectivity index (χ1n) is 6.54. The summed E-state index contributed by atoms with van der Waals surface area (Å²) in [6.07, 6.45) is 0. The van der Waals surface area contributed by atoms with E-state index in [-0.39, 0.29) is 45.4 Å². The molecule has 0 atom stereocenters. The molecule has 0 fully saturated rings. The molecule has 0 saturated carbocycles. The van der Waals surface area contributed by atoms with Crippen LogP contribution in [0.1, 0.15) is 15.9 Å². The summed E-state index contributed by atoms with van der Waals surface area (Å²) in [4.78, 5) is 12.4. The predicted octanol–water partition coefficient (Wildman–Crippen LogP) is 0.290. The molecule has 0 aromatic heterocycles. The lowest BCUT2D eigenvalue weighted by Gasteiger charge is -2.16. The molecule has 2 aromatic carbocycles. The number of hydrogen-bond donors (Lipinski definition) is 7. The van der Waals surface area contributed by atoms with Crippen LogP contribution in [0.5, 0.6) is 5.75 Å². The summed E-state index contributed by atoms with van der Waals surface area (Å²) in [6, 6.07) is 2.68. The number of ether oxygens (including phenoxy) is 1. The van der Waals surface area contributed by atoms with Crippen molar-refractivity contribution < 1.29 is 9.53 Å². The number of nitrogen functional groups attached to an aromatic ring is 7. The molecule has 0 spiro atoms. The summed E-state index contributed by atoms with van der Waals surface area (Å²) in [7, 11) is 0. The number of hydrogen-bond acceptors (Lipinski definition) is 9. The summed E-state index contributed by atoms with van der Waals surface area (Å²) in [5.41, 5.74) is 41.7. The van der Waals surface area contributed by atoms with E-state index in [0.29, 0.717) is 11.3 Å². The van der Waals surface area contributed by atoms with Crippen LogP contribution in [0.2, 0.25) is 0 Å². The number of nitrogens with two attached hydrogens (primary N) is 7. The number of esters is 1. The van der Waals surface area contributed by atoms with Crippen LogP contribution in [0, 0.1) is 6.92 Å². The second-order valence-corrected chi connectivity index (χ2v) is 5.06. The molecule has 0 bridgehead atoms. The summed E-state index contributed by atoms with van der Waals surface area (Å²) in [6.45, 7) is 1.66. The molecular weight excluding hydrogens is 298 g/mol. The van der Waals surface area contributed by atoms with Gasteiger partial charge < -0.3 is 44.9 Å². The highest BCUT2D eigenvalue weighted by atomic mass is 16.5. The van der Waals surface area contributed by atoms with Crippen molar-refractivity contribution in [1.82, 2.24) is 0 Å². The standard InChI is InChI=1S/C14H19N7O2/c1-4-10(18)7(17)3-8(11(4)19)23-14(22)9-5(15)2-6(16)12(20)13(9)21/h2-3H,15-21H2,1H3. The van der Waals surface area contributed by atoms with Gasteiger partial charge in [-0.15, -0.1) is 0 Å². The van der Waals surface area contributed by atoms with Gasteiger partial charge in [-0.3, -0.25) is 0 Å². The molecule has 0 aliphatic heterocycles. The Morgan fingerprint density at radius 3 is 1.96 bits per heavy atom. The van der Waals surface area contributed by atoms with Crippen molar-refractivity contribution in [2.75, 3.05) is 40.1 Å². The highest BCUT2D eigenvalue weighted by molar-refractivity contribution is 6.06. The van der Waals surface area contributed by atoms with Crippen LogP contribution in [0.3, 0.4) is 0 Å². The first-order valence-corrected chi connectivity index (χ1v) is 6.54. The Hall–Kier alpha value is -3.49. The predicted molar refractivity (Wildman–Crippen MR) is 93.5 cm³/mol. The molecule has 0 aliphatic rings. The Labute approximate surface area is 132 Å². The van der Waals surface area contributed by atoms with Gasteiger partial charge in [-0.1, -0.05) is 0 Å². The van der Waals surface area contributed by atoms with Gasteiger partial charge >= 0.3 is 5.97 Å². The maximum atomic E-state index is 12.4. The van der Waals surface area contributed by atoms with E-state index >= 15 is 0 Å². The van der Waals surface area contributed by atoms with Crippen molar-refractivity contribution in [3.05, 3.63) is 23.3 Å². The molecule has 122 valence electrons. The minimum absolute atomic E-state index is 0.0397. The summed E-state index contributed by atoms with van der Waals surface area (Å²) < 4.78 is 5.25. The first-order chi connectivity index (χ1) is 10.6. The molecule has 2 rings (SSSR count). The van der Waals surface area contributed by atoms with E-state index < -0.39 is 5.97 Å². The van der Waals surface area contributed by atoms with E-state index in [1.165, 1.54) is 12.1 Å². The van der Waals surface area contributed by atoms with Crippen molar-refractivity contribution in [2.45, 2.75) is 6.92 Å². The normalized spacial score (nSPS) is 10.5. The summed E-state index contributed by atoms with van der Waals surface area (Å²) >= 11 is 0. The maximum Gasteiger partial charge on any atom is 0.347 e. The third-order valence-corrected chi connectivity index (χ3v) is 3.55. The zero-order valence-electron chi connectivity index (χ0n) is 12.5. The van der Waals surface area contributed by atoms with Crippen molar-refractivity contribution in [3.8, 4) is 5.75 Å². The van der Waals surface area contributed by atoms with Gasteiger partial charge in [-0.05, 0) is 13.0 Å². The smallest absolute Gasteiger partial charge is 0.347 e. The molecule has 0 aliphatic carbocycles. The topological polar surface area (TPSA) is 208 Å². The lowest BCUT2D eigenvalue weighted by Crippen LogP contribution is -2.17. The number of rotatable bonds is 2. The molecule has 23 heavy (non-hydrogen) atoms. The molecular formula is C14H19N7O2. The highest BCUT2D eigenvalue weighted by Crippen LogP contribution is 2.36. The van der Waals surface area contributed by atoms with E-state index in [9.17, 15) is 4.79 Å². The SMILES string of the molecule is Cc1c(N)c(N)cc(OC(=O)c2c(N)cc(N)c(N)c2N)c1N. The monoisotopic (exact) mass is 317 g/mol. The molecule has 0 saturated heterocycles. The fourth-order valence-electron chi connectivity index (χ4n) is 2.07. The molecule has 0 heterocycles. The van der Waals surface area contributed by atoms with E-state index in [1.54, 1.807) is 6.92 Å². The van der Waals surface area contributed by atoms with E-state index in [0.717, 1.165) is 0 Å². The summed E-state index contributed by atoms with van der Waals surface area (Å²) in [5, 5.41) is 0. The Morgan fingerprint density at radius 1 is 0.783 bits per heavy atom. The Morgan fingerprint density at radius 2 is 1.35 bits per heavy atom. The van der Waals surface area contributed by atoms with E-state index in [1.807, 2.05) is 0 Å². The van der Waals surface area contributed by atoms with Crippen molar-refractivity contribution in [1.29, 1.82) is 0 Å². The van der Waals surface area contributed by atoms with Gasteiger partial charge in [-0.25, -0.2) is 4.79 Å². The molecule has 0 unspecified atom stereocenters. The van der Waals surface area contributed by atoms with Crippen LogP contribution >= 0.6 is 0 Å². The number of carbonyl (C=O) groups is 1. The molecule has 9 heteroatoms. The third-order valence-electron chi connectivity index (χ3n) is 3.55. The van der Waals surface area contributed by atoms with Crippen molar-refractivity contribution in [3.63, 3.8) is 0 Å². The zero-order valence-corrected chi connectivity index (χ0v) is 12.5. The minimum atomic E-state index is -0.832. The van der Waals surface area contributed by atoms with Crippen molar-refractivity contribution in [2.24, 2.45) is 0 Å². The quantitative estimate of drug-likeness (QED) is 0.230. The zero-order chi connectivity index (χ0) is 17.5. The van der Waals surface area contributed by atoms with Gasteiger partial charge in [0.05, 0.1) is 39.8 Å². The van der Waals surface area contributed by atoms with Crippen LogP contribution in [0.25, 0.3) is 0 Å². The Balaban J connectivity index is 2.48. The second-order valence-electron chi connectivity index (χ2n) is 5.06. The van der Waals surface area contributed by atoms with Gasteiger partial charge in [0, 0.05) is 11.6 Å². The van der Waals surface area contributed by atoms with Gasteiger partial charge in [0.2, 0.25) is 0 Å². The largest absolute Gasteiger partial charge is 0.421 e. The fourth-order valence-corrected chi connectivity index (χ4v) is 2.07. The number of anilines is 7. The first kappa shape index (κ1) is 15.9. The minimum Gasteiger partial charge on any atom is -0.421 e. The number of carbonyl (C=O) groups excluding carboxylic acids is 1. The average molecular weight is 317 g/mol. The lowest BCUT2D eigenvalue weighted by molar-refractivity contribution is 0.0738. The fraction of sp³-hybridized carbons (Fsp3) is 0.0714. The van der Waals surface area contributed by atoms with Crippen LogP contribution < -0.4 is 44.9 Å². The molecule has 14 N–H and O–H groups in total. The van der Waals surface area contributed by atoms with Crippen LogP contribution in [-0.2, 0) is 0 Å². The van der Waals surface area contributed by atoms with Crippen molar-refractivity contribution >= 4 is 45.8 Å². The van der Waals surface area contributed by atoms with Gasteiger partial charge in [-0.2, -0.15) is 0 Å². The molecule has 0 radical (unpaired) electrons. The lowest BCUT2D eigenvalue weighted by atomic mass is 10.1.